The van der Waals surface area contributed by atoms with E-state index in [-0.39, 0.29) is 6.10 Å². The second-order valence-electron chi connectivity index (χ2n) is 3.37. The second-order valence-corrected chi connectivity index (χ2v) is 3.37. The highest BCUT2D eigenvalue weighted by Crippen LogP contribution is 2.20. The highest BCUT2D eigenvalue weighted by atomic mass is 16.5. The summed E-state index contributed by atoms with van der Waals surface area (Å²) in [4.78, 5) is 11.1. The topological polar surface area (TPSA) is 76.1 Å². The van der Waals surface area contributed by atoms with Gasteiger partial charge in [-0.15, -0.1) is 0 Å². The standard InChI is InChI=1S/C12H14N2O2/c1-2-9(7-8-13)16-11-6-4-3-5-10(11)12(14)15/h3-6,9H,2,7H2,1H3,(H2,14,15). The Balaban J connectivity index is 2.87. The molecule has 2 N–H and O–H groups in total. The molecule has 0 aliphatic heterocycles. The number of amides is 1. The Labute approximate surface area is 94.6 Å². The molecule has 0 saturated carbocycles. The number of nitrogens with zero attached hydrogens (tertiary/aromatic N) is 1. The maximum absolute atomic E-state index is 11.1. The molecular weight excluding hydrogens is 204 g/mol. The van der Waals surface area contributed by atoms with Crippen LogP contribution >= 0.6 is 0 Å². The number of ether oxygens (including phenoxy) is 1. The van der Waals surface area contributed by atoms with Gasteiger partial charge in [0.1, 0.15) is 11.9 Å². The first-order chi connectivity index (χ1) is 7.69. The smallest absolute Gasteiger partial charge is 0.252 e. The number of benzene rings is 1. The van der Waals surface area contributed by atoms with Crippen LogP contribution in [0.3, 0.4) is 0 Å². The van der Waals surface area contributed by atoms with E-state index in [0.717, 1.165) is 0 Å². The third-order valence-electron chi connectivity index (χ3n) is 2.22. The average Bonchev–Trinajstić information content (AvgIpc) is 2.29. The van der Waals surface area contributed by atoms with Gasteiger partial charge in [0.25, 0.3) is 5.91 Å². The lowest BCUT2D eigenvalue weighted by atomic mass is 10.1. The third-order valence-corrected chi connectivity index (χ3v) is 2.22. The van der Waals surface area contributed by atoms with E-state index >= 15 is 0 Å². The maximum Gasteiger partial charge on any atom is 0.252 e. The van der Waals surface area contributed by atoms with Crippen LogP contribution in [-0.4, -0.2) is 12.0 Å². The van der Waals surface area contributed by atoms with Crippen molar-refractivity contribution in [2.45, 2.75) is 25.9 Å². The van der Waals surface area contributed by atoms with Crippen LogP contribution in [0, 0.1) is 11.3 Å². The zero-order valence-corrected chi connectivity index (χ0v) is 9.14. The summed E-state index contributed by atoms with van der Waals surface area (Å²) in [5.41, 5.74) is 5.57. The summed E-state index contributed by atoms with van der Waals surface area (Å²) >= 11 is 0. The fourth-order valence-corrected chi connectivity index (χ4v) is 1.32. The second kappa shape index (κ2) is 5.76. The molecule has 1 atom stereocenters. The van der Waals surface area contributed by atoms with Crippen LogP contribution in [-0.2, 0) is 0 Å². The number of hydrogen-bond acceptors (Lipinski definition) is 3. The summed E-state index contributed by atoms with van der Waals surface area (Å²) in [7, 11) is 0. The van der Waals surface area contributed by atoms with Gasteiger partial charge in [0.05, 0.1) is 18.1 Å². The lowest BCUT2D eigenvalue weighted by molar-refractivity contribution is 0.0992. The molecule has 1 aromatic rings. The van der Waals surface area contributed by atoms with Crippen molar-refractivity contribution in [3.05, 3.63) is 29.8 Å². The van der Waals surface area contributed by atoms with Crippen LogP contribution in [0.25, 0.3) is 0 Å². The SMILES string of the molecule is CCC(CC#N)Oc1ccccc1C(N)=O. The Morgan fingerprint density at radius 1 is 1.56 bits per heavy atom. The summed E-state index contributed by atoms with van der Waals surface area (Å²) in [6, 6.07) is 8.82. The molecule has 4 heteroatoms. The number of carbonyl (C=O) groups is 1. The highest BCUT2D eigenvalue weighted by Gasteiger charge is 2.13. The monoisotopic (exact) mass is 218 g/mol. The number of nitrogens with two attached hydrogens (primary N) is 1. The van der Waals surface area contributed by atoms with Crippen molar-refractivity contribution in [1.29, 1.82) is 5.26 Å². The molecule has 1 unspecified atom stereocenters. The number of para-hydroxylation sites is 1. The van der Waals surface area contributed by atoms with Gasteiger partial charge in [-0.2, -0.15) is 5.26 Å². The minimum absolute atomic E-state index is 0.203. The van der Waals surface area contributed by atoms with E-state index in [1.54, 1.807) is 24.3 Å². The average molecular weight is 218 g/mol. The molecule has 0 bridgehead atoms. The van der Waals surface area contributed by atoms with E-state index in [0.29, 0.717) is 24.2 Å². The van der Waals surface area contributed by atoms with Gasteiger partial charge in [-0.3, -0.25) is 4.79 Å². The predicted molar refractivity (Wildman–Crippen MR) is 59.9 cm³/mol. The van der Waals surface area contributed by atoms with Gasteiger partial charge in [0, 0.05) is 0 Å². The van der Waals surface area contributed by atoms with Gasteiger partial charge in [-0.1, -0.05) is 19.1 Å². The Morgan fingerprint density at radius 3 is 2.81 bits per heavy atom. The first-order valence-corrected chi connectivity index (χ1v) is 5.11. The summed E-state index contributed by atoms with van der Waals surface area (Å²) < 4.78 is 5.57. The lowest BCUT2D eigenvalue weighted by Crippen LogP contribution is -2.18. The molecule has 4 nitrogen and oxygen atoms in total. The van der Waals surface area contributed by atoms with Gasteiger partial charge in [0.2, 0.25) is 0 Å². The molecule has 1 rings (SSSR count). The zero-order valence-electron chi connectivity index (χ0n) is 9.14. The number of carbonyl (C=O) groups excluding carboxylic acids is 1. The molecule has 16 heavy (non-hydrogen) atoms. The molecule has 0 aliphatic carbocycles. The van der Waals surface area contributed by atoms with E-state index in [1.807, 2.05) is 13.0 Å². The van der Waals surface area contributed by atoms with Crippen LogP contribution < -0.4 is 10.5 Å². The Morgan fingerprint density at radius 2 is 2.25 bits per heavy atom. The van der Waals surface area contributed by atoms with E-state index in [4.69, 9.17) is 15.7 Å². The van der Waals surface area contributed by atoms with Crippen LogP contribution in [0.2, 0.25) is 0 Å². The normalized spacial score (nSPS) is 11.5. The van der Waals surface area contributed by atoms with Crippen molar-refractivity contribution in [3.63, 3.8) is 0 Å². The molecule has 0 heterocycles. The Hall–Kier alpha value is -2.02. The summed E-state index contributed by atoms with van der Waals surface area (Å²) in [5, 5.41) is 8.60. The van der Waals surface area contributed by atoms with Crippen LogP contribution in [0.4, 0.5) is 0 Å². The first kappa shape index (κ1) is 12.1. The van der Waals surface area contributed by atoms with Crippen molar-refractivity contribution in [1.82, 2.24) is 0 Å². The molecule has 0 saturated heterocycles. The quantitative estimate of drug-likeness (QED) is 0.819. The Bertz CT molecular complexity index is 410. The van der Waals surface area contributed by atoms with Gasteiger partial charge < -0.3 is 10.5 Å². The minimum atomic E-state index is -0.526. The lowest BCUT2D eigenvalue weighted by Gasteiger charge is -2.16. The van der Waals surface area contributed by atoms with E-state index in [2.05, 4.69) is 0 Å². The largest absolute Gasteiger partial charge is 0.489 e. The van der Waals surface area contributed by atoms with Crippen LogP contribution in [0.5, 0.6) is 5.75 Å². The van der Waals surface area contributed by atoms with Gasteiger partial charge in [-0.25, -0.2) is 0 Å². The first-order valence-electron chi connectivity index (χ1n) is 5.11. The highest BCUT2D eigenvalue weighted by molar-refractivity contribution is 5.95. The summed E-state index contributed by atoms with van der Waals surface area (Å²) in [6.07, 6.45) is 0.801. The van der Waals surface area contributed by atoms with Crippen molar-refractivity contribution in [3.8, 4) is 11.8 Å². The number of primary amides is 1. The zero-order chi connectivity index (χ0) is 12.0. The fraction of sp³-hybridized carbons (Fsp3) is 0.333. The predicted octanol–water partition coefficient (Wildman–Crippen LogP) is 1.86. The maximum atomic E-state index is 11.1. The molecule has 0 aromatic heterocycles. The van der Waals surface area contributed by atoms with Crippen molar-refractivity contribution in [2.75, 3.05) is 0 Å². The molecule has 1 amide bonds. The van der Waals surface area contributed by atoms with Gasteiger partial charge >= 0.3 is 0 Å². The number of hydrogen-bond donors (Lipinski definition) is 1. The molecule has 0 radical (unpaired) electrons. The minimum Gasteiger partial charge on any atom is -0.489 e. The van der Waals surface area contributed by atoms with Crippen molar-refractivity contribution >= 4 is 5.91 Å². The fourth-order valence-electron chi connectivity index (χ4n) is 1.32. The molecule has 0 aliphatic rings. The number of rotatable bonds is 5. The van der Waals surface area contributed by atoms with Gasteiger partial charge in [-0.05, 0) is 18.6 Å². The molecule has 0 spiro atoms. The third kappa shape index (κ3) is 2.99. The van der Waals surface area contributed by atoms with E-state index < -0.39 is 5.91 Å². The van der Waals surface area contributed by atoms with E-state index in [9.17, 15) is 4.79 Å². The molecule has 1 aromatic carbocycles. The molecular formula is C12H14N2O2. The van der Waals surface area contributed by atoms with Crippen LogP contribution in [0.15, 0.2) is 24.3 Å². The van der Waals surface area contributed by atoms with E-state index in [1.165, 1.54) is 0 Å². The summed E-state index contributed by atoms with van der Waals surface area (Å²) in [5.74, 6) is -0.0838. The number of nitriles is 1. The molecule has 0 fully saturated rings. The van der Waals surface area contributed by atoms with Crippen molar-refractivity contribution < 1.29 is 9.53 Å². The molecule has 84 valence electrons. The summed E-state index contributed by atoms with van der Waals surface area (Å²) in [6.45, 7) is 1.93. The van der Waals surface area contributed by atoms with Crippen molar-refractivity contribution in [2.24, 2.45) is 5.73 Å². The van der Waals surface area contributed by atoms with Gasteiger partial charge in [0.15, 0.2) is 0 Å². The van der Waals surface area contributed by atoms with Crippen LogP contribution in [0.1, 0.15) is 30.1 Å². The Kier molecular flexibility index (Phi) is 4.34.